The second-order valence-corrected chi connectivity index (χ2v) is 33.1. The number of fused-ring (bicyclic) bond motifs is 1. The van der Waals surface area contributed by atoms with Gasteiger partial charge in [-0.2, -0.15) is 13.1 Å². The summed E-state index contributed by atoms with van der Waals surface area (Å²) in [4.78, 5) is 14.7. The molecule has 30 saturated heterocycles. The molecule has 0 saturated carbocycles. The van der Waals surface area contributed by atoms with Crippen molar-refractivity contribution in [3.63, 3.8) is 0 Å². The summed E-state index contributed by atoms with van der Waals surface area (Å²) in [6, 6.07) is 14.5. The number of sulfonamides is 1. The Morgan fingerprint density at radius 3 is 0.915 bits per heavy atom. The van der Waals surface area contributed by atoms with Gasteiger partial charge >= 0.3 is 5.97 Å². The zero-order valence-corrected chi connectivity index (χ0v) is 64.4. The fourth-order valence-electron chi connectivity index (χ4n) is 15.1. The molecule has 47 nitrogen and oxygen atoms in total. The number of nitrogens with one attached hydrogen (secondary N) is 1. The van der Waals surface area contributed by atoms with Crippen molar-refractivity contribution in [1.29, 1.82) is 0 Å². The molecule has 3 aromatic carbocycles. The standard InChI is InChI=1S/C69H100N2O45S2/c1-23-7-9-25(10-8-23)118(97,98)100-22-36-61-45(86)53(94)69(108-36)114-59-34(20-77)104-65(49(90)41(59)82)110-55-30(16-73)101-62(46(87)38(55)79)109-54-29(15-72)102-63(47(88)39(54)80)111-56-31(17-74)105-66(50(91)42(56)83)115-60-35(21-99-37(78)14-70-117(95,96)26-11-12-27-24(13-26)5-4-6-28(27)71(2)3)107-68(52(93)44(60)85)113-58-33(19-76)103-64(48(89)40(58)81)112-57-32(18-75)106-67(116-61)51(92)43(57)84/h4-13,29-36,38-70,72-77,79-94H,14-22H2,1-3H3/t29-,30-,31-,32-,33-,34-,35-,36-,38-,39-,40-,41-,42-,43-,44-,45-,46-,47-,48-,49-,50-,51-,52-,53-,54-,55-,56-,57-,58-,59-,60-,61-,62-,63-,64-,65-,66-,67-,68-,69-/m1/s1. The van der Waals surface area contributed by atoms with Crippen LogP contribution in [0.1, 0.15) is 5.56 Å². The van der Waals surface area contributed by atoms with Crippen LogP contribution in [-0.2, 0) is 110 Å². The molecule has 3 aromatic rings. The number of aliphatic hydroxyl groups excluding tert-OH is 22. The van der Waals surface area contributed by atoms with Crippen molar-refractivity contribution in [3.8, 4) is 0 Å². The molecule has 0 aliphatic carbocycles. The fraction of sp³-hybridized carbons (Fsp3) is 0.754. The monoisotopic (exact) mass is 1740 g/mol. The number of carbonyl (C=O) groups excluding carboxylic acids is 1. The van der Waals surface area contributed by atoms with Crippen LogP contribution in [0.5, 0.6) is 0 Å². The van der Waals surface area contributed by atoms with Gasteiger partial charge in [0.05, 0.1) is 56.0 Å². The molecular formula is C69H100N2O45S2. The van der Waals surface area contributed by atoms with E-state index in [9.17, 15) is 134 Å². The van der Waals surface area contributed by atoms with Crippen molar-refractivity contribution in [2.45, 2.75) is 262 Å². The molecule has 0 aromatic heterocycles. The number of carbonyl (C=O) groups is 1. The van der Waals surface area contributed by atoms with E-state index < -0.39 is 336 Å². The van der Waals surface area contributed by atoms with Gasteiger partial charge in [-0.25, -0.2) is 8.42 Å². The molecule has 30 heterocycles. The summed E-state index contributed by atoms with van der Waals surface area (Å²) < 4.78 is 161. The second kappa shape index (κ2) is 38.9. The van der Waals surface area contributed by atoms with Crippen LogP contribution in [0, 0.1) is 6.92 Å². The van der Waals surface area contributed by atoms with Gasteiger partial charge in [0, 0.05) is 25.2 Å². The molecule has 118 heavy (non-hydrogen) atoms. The highest BCUT2D eigenvalue weighted by molar-refractivity contribution is 7.89. The lowest BCUT2D eigenvalue weighted by Crippen LogP contribution is -2.69. The Labute approximate surface area is 670 Å². The Morgan fingerprint density at radius 2 is 0.627 bits per heavy atom. The summed E-state index contributed by atoms with van der Waals surface area (Å²) >= 11 is 0. The summed E-state index contributed by atoms with van der Waals surface area (Å²) in [7, 11) is -5.75. The molecule has 33 rings (SSSR count). The van der Waals surface area contributed by atoms with Gasteiger partial charge in [0.2, 0.25) is 10.0 Å². The Balaban J connectivity index is 0.831. The molecule has 0 amide bonds. The van der Waals surface area contributed by atoms with Crippen LogP contribution < -0.4 is 9.62 Å². The summed E-state index contributed by atoms with van der Waals surface area (Å²) in [6.45, 7) is -8.87. The highest BCUT2D eigenvalue weighted by atomic mass is 32.2. The van der Waals surface area contributed by atoms with E-state index in [4.69, 9.17) is 84.7 Å². The van der Waals surface area contributed by atoms with Crippen LogP contribution in [0.3, 0.4) is 0 Å². The fourth-order valence-corrected chi connectivity index (χ4v) is 17.0. The van der Waals surface area contributed by atoms with Crippen molar-refractivity contribution in [1.82, 2.24) is 4.72 Å². The van der Waals surface area contributed by atoms with E-state index in [1.54, 1.807) is 50.2 Å². The smallest absolute Gasteiger partial charge is 0.321 e. The lowest BCUT2D eigenvalue weighted by molar-refractivity contribution is -0.404. The zero-order chi connectivity index (χ0) is 85.6. The molecule has 16 bridgehead atoms. The number of hydrogen-bond acceptors (Lipinski definition) is 46. The van der Waals surface area contributed by atoms with Gasteiger partial charge in [-0.1, -0.05) is 35.9 Å². The quantitative estimate of drug-likeness (QED) is 0.0441. The van der Waals surface area contributed by atoms with Crippen LogP contribution >= 0.6 is 0 Å². The maximum Gasteiger partial charge on any atom is 0.321 e. The number of anilines is 1. The van der Waals surface area contributed by atoms with E-state index in [0.717, 1.165) is 17.8 Å². The number of esters is 1. The van der Waals surface area contributed by atoms with Gasteiger partial charge in [-0.3, -0.25) is 8.98 Å². The predicted octanol–water partition coefficient (Wildman–Crippen LogP) is -13.9. The van der Waals surface area contributed by atoms with Crippen molar-refractivity contribution in [3.05, 3.63) is 66.2 Å². The van der Waals surface area contributed by atoms with Crippen LogP contribution in [0.25, 0.3) is 10.8 Å². The van der Waals surface area contributed by atoms with Crippen molar-refractivity contribution < 1.29 is 219 Å². The second-order valence-electron chi connectivity index (χ2n) is 29.7. The Hall–Kier alpha value is -4.51. The molecule has 40 atom stereocenters. The average molecular weight is 1740 g/mol. The molecule has 0 unspecified atom stereocenters. The number of rotatable bonds is 17. The third-order valence-corrected chi connectivity index (χ3v) is 24.4. The number of hydrogen-bond donors (Lipinski definition) is 23. The summed E-state index contributed by atoms with van der Waals surface area (Å²) in [6.07, 6.45) is -88.3. The van der Waals surface area contributed by atoms with E-state index in [-0.39, 0.29) is 4.90 Å². The van der Waals surface area contributed by atoms with E-state index in [1.165, 1.54) is 24.3 Å². The first-order valence-electron chi connectivity index (χ1n) is 37.3. The largest absolute Gasteiger partial charge is 0.462 e. The maximum absolute atomic E-state index is 13.7. The molecule has 668 valence electrons. The molecule has 0 radical (unpaired) electrons. The van der Waals surface area contributed by atoms with Crippen LogP contribution in [0.4, 0.5) is 5.69 Å². The maximum atomic E-state index is 13.7. The van der Waals surface area contributed by atoms with Crippen molar-refractivity contribution in [2.75, 3.05) is 78.4 Å². The van der Waals surface area contributed by atoms with Gasteiger partial charge in [0.1, 0.15) is 208 Å². The number of aliphatic hydroxyl groups is 22. The normalized spacial score (nSPS) is 44.5. The Morgan fingerprint density at radius 1 is 0.356 bits per heavy atom. The van der Waals surface area contributed by atoms with E-state index >= 15 is 0 Å². The molecular weight excluding hydrogens is 1640 g/mol. The lowest BCUT2D eigenvalue weighted by atomic mass is 9.94. The zero-order valence-electron chi connectivity index (χ0n) is 62.7. The Kier molecular flexibility index (Phi) is 30.6. The van der Waals surface area contributed by atoms with Crippen LogP contribution in [-0.4, -0.2) is 454 Å². The van der Waals surface area contributed by atoms with Gasteiger partial charge in [0.15, 0.2) is 50.3 Å². The van der Waals surface area contributed by atoms with Gasteiger partial charge in [-0.15, -0.1) is 0 Å². The third kappa shape index (κ3) is 19.3. The highest BCUT2D eigenvalue weighted by Crippen LogP contribution is 2.41. The van der Waals surface area contributed by atoms with Crippen molar-refractivity contribution in [2.24, 2.45) is 0 Å². The highest BCUT2D eigenvalue weighted by Gasteiger charge is 2.61. The first kappa shape index (κ1) is 92.7. The summed E-state index contributed by atoms with van der Waals surface area (Å²) in [5, 5.41) is 253. The molecule has 30 fully saturated rings. The minimum Gasteiger partial charge on any atom is -0.462 e. The third-order valence-electron chi connectivity index (χ3n) is 21.7. The molecule has 23 N–H and O–H groups in total. The van der Waals surface area contributed by atoms with Gasteiger partial charge in [0.25, 0.3) is 10.1 Å². The average Bonchev–Trinajstić information content (AvgIpc) is 0.771. The molecule has 0 spiro atoms. The van der Waals surface area contributed by atoms with Gasteiger partial charge < -0.3 is 198 Å². The molecule has 30 aliphatic rings. The minimum atomic E-state index is -4.80. The predicted molar refractivity (Wildman–Crippen MR) is 376 cm³/mol. The molecule has 49 heteroatoms. The number of benzene rings is 3. The first-order chi connectivity index (χ1) is 56.0. The van der Waals surface area contributed by atoms with Gasteiger partial charge in [-0.05, 0) is 42.6 Å². The van der Waals surface area contributed by atoms with Crippen LogP contribution in [0.15, 0.2) is 70.5 Å². The van der Waals surface area contributed by atoms with Crippen molar-refractivity contribution >= 4 is 42.6 Å². The Bertz CT molecular complexity index is 3990. The summed E-state index contributed by atoms with van der Waals surface area (Å²) in [5.74, 6) is -1.35. The van der Waals surface area contributed by atoms with E-state index in [2.05, 4.69) is 4.72 Å². The first-order valence-corrected chi connectivity index (χ1v) is 40.2. The SMILES string of the molecule is Cc1ccc(S(=O)(=O)OC[C@H]2O[C@@H]3O[C@H]4[C@H](O)[C@@H](O)[C@@H](O[C@H]5[C@H](O)[C@@H](O)[C@@H](O[C@H]6[C@H](O)[C@@H](O)[C@@H](O[C@H]7[C@H](O)[C@@H](O)[C@@H](O[C@H]8[C@H](O)[C@@H](O)[C@@H](O[C@H]9[C@H](O)[C@@H](O)[C@@H](O[C@H]%10[C@H](O)[C@@H](O)[C@@H](O[C@H]2[C@H](O)[C@H]3O)O[C@@H]%10CO)O[C@@H]9CO)O[C@@H]8COC(=O)CNS(=O)(=O)c2ccc3c(N(C)C)cccc3c2)O[C@@H]7CO)O[C@@H]6CO)O[C@@H]5CO)O[C@@H]4CO)cc1. The number of ether oxygens (including phenoxy) is 17. The summed E-state index contributed by atoms with van der Waals surface area (Å²) in [5.41, 5.74) is 1.37. The minimum absolute atomic E-state index is 0.281. The van der Waals surface area contributed by atoms with E-state index in [1.807, 2.05) is 0 Å². The topological polar surface area (TPSA) is 712 Å². The number of aryl methyl sites for hydroxylation is 1. The number of nitrogens with zero attached hydrogens (tertiary/aromatic N) is 1. The van der Waals surface area contributed by atoms with Crippen LogP contribution in [0.2, 0.25) is 0 Å². The lowest BCUT2D eigenvalue weighted by Gasteiger charge is -2.50. The van der Waals surface area contributed by atoms with E-state index in [0.29, 0.717) is 16.3 Å². The molecule has 30 aliphatic heterocycles.